The molecule has 0 aliphatic rings. The summed E-state index contributed by atoms with van der Waals surface area (Å²) in [6, 6.07) is 49.5. The van der Waals surface area contributed by atoms with Crippen LogP contribution in [0.2, 0.25) is 0 Å². The number of allylic oxidation sites excluding steroid dienone is 1. The van der Waals surface area contributed by atoms with E-state index in [0.29, 0.717) is 0 Å². The topological polar surface area (TPSA) is 13.1 Å². The zero-order valence-corrected chi connectivity index (χ0v) is 29.7. The van der Waals surface area contributed by atoms with Crippen molar-refractivity contribution in [1.29, 1.82) is 0 Å². The van der Waals surface area contributed by atoms with E-state index in [9.17, 15) is 0 Å². The van der Waals surface area contributed by atoms with E-state index in [1.165, 1.54) is 95.1 Å². The number of aryl methyl sites for hydroxylation is 1. The Bertz CT molecular complexity index is 3220. The van der Waals surface area contributed by atoms with Gasteiger partial charge in [0.1, 0.15) is 11.2 Å². The number of furan rings is 1. The van der Waals surface area contributed by atoms with E-state index in [-0.39, 0.29) is 0 Å². The van der Waals surface area contributed by atoms with Crippen molar-refractivity contribution in [2.45, 2.75) is 13.8 Å². The van der Waals surface area contributed by atoms with Crippen LogP contribution in [-0.4, -0.2) is 0 Å². The zero-order valence-electron chi connectivity index (χ0n) is 28.1. The highest BCUT2D eigenvalue weighted by atomic mass is 32.1. The van der Waals surface area contributed by atoms with Crippen LogP contribution in [0.4, 0.5) is 0 Å². The Morgan fingerprint density at radius 2 is 1.08 bits per heavy atom. The van der Waals surface area contributed by atoms with Gasteiger partial charge < -0.3 is 4.42 Å². The molecule has 0 bridgehead atoms. The lowest BCUT2D eigenvalue weighted by molar-refractivity contribution is 0.669. The molecule has 0 aliphatic heterocycles. The molecule has 0 aliphatic carbocycles. The van der Waals surface area contributed by atoms with Gasteiger partial charge in [0.2, 0.25) is 0 Å². The Kier molecular flexibility index (Phi) is 6.19. The molecular formula is C48H30OS2. The van der Waals surface area contributed by atoms with E-state index in [2.05, 4.69) is 159 Å². The lowest BCUT2D eigenvalue weighted by atomic mass is 9.85. The van der Waals surface area contributed by atoms with Crippen LogP contribution < -0.4 is 0 Å². The van der Waals surface area contributed by atoms with Crippen molar-refractivity contribution in [3.63, 3.8) is 0 Å². The van der Waals surface area contributed by atoms with Crippen LogP contribution in [0.3, 0.4) is 0 Å². The highest BCUT2D eigenvalue weighted by Gasteiger charge is 2.20. The van der Waals surface area contributed by atoms with Crippen LogP contribution in [0.5, 0.6) is 0 Å². The predicted octanol–water partition coefficient (Wildman–Crippen LogP) is 15.3. The quantitative estimate of drug-likeness (QED) is 0.169. The van der Waals surface area contributed by atoms with Gasteiger partial charge in [-0.15, -0.1) is 22.7 Å². The first-order valence-electron chi connectivity index (χ1n) is 17.4. The van der Waals surface area contributed by atoms with Gasteiger partial charge in [0.05, 0.1) is 0 Å². The summed E-state index contributed by atoms with van der Waals surface area (Å²) in [5.74, 6) is 0. The van der Waals surface area contributed by atoms with Gasteiger partial charge in [-0.1, -0.05) is 103 Å². The molecule has 0 spiro atoms. The molecule has 0 amide bonds. The summed E-state index contributed by atoms with van der Waals surface area (Å²) in [7, 11) is 0. The van der Waals surface area contributed by atoms with Crippen LogP contribution in [0.25, 0.3) is 113 Å². The van der Waals surface area contributed by atoms with Crippen molar-refractivity contribution in [1.82, 2.24) is 0 Å². The van der Waals surface area contributed by atoms with E-state index in [0.717, 1.165) is 22.1 Å². The molecule has 11 rings (SSSR count). The summed E-state index contributed by atoms with van der Waals surface area (Å²) in [6.45, 7) is 4.31. The van der Waals surface area contributed by atoms with Gasteiger partial charge in [-0.2, -0.15) is 0 Å². The highest BCUT2D eigenvalue weighted by molar-refractivity contribution is 7.25. The molecule has 0 radical (unpaired) electrons. The highest BCUT2D eigenvalue weighted by Crippen LogP contribution is 2.47. The van der Waals surface area contributed by atoms with Gasteiger partial charge in [-0.3, -0.25) is 0 Å². The van der Waals surface area contributed by atoms with E-state index in [4.69, 9.17) is 4.42 Å². The number of thiophene rings is 2. The largest absolute Gasteiger partial charge is 0.456 e. The maximum atomic E-state index is 6.68. The lowest BCUT2D eigenvalue weighted by Crippen LogP contribution is -1.90. The summed E-state index contributed by atoms with van der Waals surface area (Å²) in [5.41, 5.74) is 8.11. The minimum absolute atomic E-state index is 0.916. The van der Waals surface area contributed by atoms with Gasteiger partial charge in [-0.25, -0.2) is 0 Å². The molecule has 0 saturated carbocycles. The molecule has 3 heterocycles. The molecule has 1 nitrogen and oxygen atoms in total. The van der Waals surface area contributed by atoms with Crippen LogP contribution in [0.15, 0.2) is 144 Å². The smallest absolute Gasteiger partial charge is 0.136 e. The van der Waals surface area contributed by atoms with E-state index < -0.39 is 0 Å². The van der Waals surface area contributed by atoms with E-state index in [1.807, 2.05) is 22.7 Å². The standard InChI is InChI=1S/C48H30OS2/c1-3-10-31-27(2)50-45-26-39-28(23-40(31)45)19-22-41-48(39)38-21-18-29(24-42(38)49-41)46-34-12-4-6-14-36(34)47(37-15-7-5-13-35(37)46)30-17-20-33-32-11-8-9-16-43(32)51-44(33)25-30/h3-26H,1-2H3/b10-3-. The van der Waals surface area contributed by atoms with Crippen molar-refractivity contribution in [2.75, 3.05) is 0 Å². The second kappa shape index (κ2) is 10.9. The van der Waals surface area contributed by atoms with E-state index in [1.54, 1.807) is 0 Å². The number of rotatable bonds is 3. The van der Waals surface area contributed by atoms with Gasteiger partial charge in [0.15, 0.2) is 0 Å². The average Bonchev–Trinajstić information content (AvgIpc) is 3.82. The van der Waals surface area contributed by atoms with Crippen molar-refractivity contribution >= 4 is 113 Å². The first-order chi connectivity index (χ1) is 25.1. The number of benzene rings is 8. The number of hydrogen-bond donors (Lipinski definition) is 0. The zero-order chi connectivity index (χ0) is 33.8. The molecule has 0 unspecified atom stereocenters. The summed E-state index contributed by atoms with van der Waals surface area (Å²) in [5, 5.41) is 13.8. The maximum absolute atomic E-state index is 6.68. The molecule has 0 N–H and O–H groups in total. The Balaban J connectivity index is 1.14. The first-order valence-corrected chi connectivity index (χ1v) is 19.1. The van der Waals surface area contributed by atoms with Crippen molar-refractivity contribution in [3.05, 3.63) is 150 Å². The molecule has 11 aromatic rings. The predicted molar refractivity (Wildman–Crippen MR) is 225 cm³/mol. The minimum atomic E-state index is 0.916. The van der Waals surface area contributed by atoms with Crippen molar-refractivity contribution < 1.29 is 4.42 Å². The lowest BCUT2D eigenvalue weighted by Gasteiger charge is -2.17. The third-order valence-corrected chi connectivity index (χ3v) is 12.9. The van der Waals surface area contributed by atoms with Gasteiger partial charge in [-0.05, 0) is 116 Å². The fourth-order valence-corrected chi connectivity index (χ4v) is 10.7. The minimum Gasteiger partial charge on any atom is -0.456 e. The summed E-state index contributed by atoms with van der Waals surface area (Å²) in [4.78, 5) is 1.35. The molecule has 0 saturated heterocycles. The fraction of sp³-hybridized carbons (Fsp3) is 0.0417. The number of fused-ring (bicyclic) bond motifs is 11. The molecule has 0 atom stereocenters. The molecule has 240 valence electrons. The molecule has 3 heteroatoms. The Morgan fingerprint density at radius 3 is 1.78 bits per heavy atom. The summed E-state index contributed by atoms with van der Waals surface area (Å²) in [6.07, 6.45) is 4.37. The van der Waals surface area contributed by atoms with Crippen molar-refractivity contribution in [3.8, 4) is 22.3 Å². The third kappa shape index (κ3) is 4.20. The van der Waals surface area contributed by atoms with Crippen molar-refractivity contribution in [2.24, 2.45) is 0 Å². The first kappa shape index (κ1) is 29.0. The number of hydrogen-bond acceptors (Lipinski definition) is 3. The monoisotopic (exact) mass is 686 g/mol. The maximum Gasteiger partial charge on any atom is 0.136 e. The Morgan fingerprint density at radius 1 is 0.471 bits per heavy atom. The van der Waals surface area contributed by atoms with Crippen LogP contribution >= 0.6 is 22.7 Å². The SMILES string of the molecule is C/C=C\c1c(C)sc2cc3c(ccc4oc5cc(-c6c7ccccc7c(-c7ccc8c(c7)sc7ccccc78)c7ccccc67)ccc5c43)cc12. The van der Waals surface area contributed by atoms with Crippen LogP contribution in [0.1, 0.15) is 17.4 Å². The van der Waals surface area contributed by atoms with Crippen LogP contribution in [0, 0.1) is 6.92 Å². The van der Waals surface area contributed by atoms with Gasteiger partial charge >= 0.3 is 0 Å². The average molecular weight is 687 g/mol. The van der Waals surface area contributed by atoms with Gasteiger partial charge in [0, 0.05) is 45.9 Å². The summed E-state index contributed by atoms with van der Waals surface area (Å²) < 4.78 is 10.6. The normalized spacial score (nSPS) is 12.4. The summed E-state index contributed by atoms with van der Waals surface area (Å²) >= 11 is 3.75. The molecule has 51 heavy (non-hydrogen) atoms. The second-order valence-electron chi connectivity index (χ2n) is 13.5. The van der Waals surface area contributed by atoms with Gasteiger partial charge in [0.25, 0.3) is 0 Å². The molecule has 8 aromatic carbocycles. The third-order valence-electron chi connectivity index (χ3n) is 10.7. The fourth-order valence-electron chi connectivity index (χ4n) is 8.49. The Hall–Kier alpha value is -5.74. The van der Waals surface area contributed by atoms with E-state index >= 15 is 0 Å². The molecule has 3 aromatic heterocycles. The molecular weight excluding hydrogens is 657 g/mol. The Labute approximate surface area is 302 Å². The second-order valence-corrected chi connectivity index (χ2v) is 15.9. The van der Waals surface area contributed by atoms with Crippen LogP contribution in [-0.2, 0) is 0 Å². The molecule has 0 fully saturated rings.